The number of hydrogen-bond donors (Lipinski definition) is 2. The highest BCUT2D eigenvalue weighted by Crippen LogP contribution is 2.22. The first-order chi connectivity index (χ1) is 12.0. The van der Waals surface area contributed by atoms with Crippen LogP contribution in [-0.2, 0) is 16.1 Å². The average molecular weight is 380 g/mol. The SMILES string of the molecule is CCN(CC(=O)NCC(=O)Nc1cccc(Cl)c1C)Cc1cccs1. The van der Waals surface area contributed by atoms with Gasteiger partial charge in [0.25, 0.3) is 0 Å². The van der Waals surface area contributed by atoms with Crippen LogP contribution in [0.25, 0.3) is 0 Å². The van der Waals surface area contributed by atoms with Gasteiger partial charge in [0.15, 0.2) is 0 Å². The zero-order valence-electron chi connectivity index (χ0n) is 14.3. The predicted molar refractivity (Wildman–Crippen MR) is 103 cm³/mol. The molecule has 2 rings (SSSR count). The van der Waals surface area contributed by atoms with Crippen LogP contribution in [0.4, 0.5) is 5.69 Å². The molecule has 0 saturated heterocycles. The third kappa shape index (κ3) is 6.16. The summed E-state index contributed by atoms with van der Waals surface area (Å²) < 4.78 is 0. The van der Waals surface area contributed by atoms with Crippen molar-refractivity contribution in [1.29, 1.82) is 0 Å². The summed E-state index contributed by atoms with van der Waals surface area (Å²) in [5, 5.41) is 8.03. The minimum absolute atomic E-state index is 0.0681. The lowest BCUT2D eigenvalue weighted by molar-refractivity contribution is -0.125. The van der Waals surface area contributed by atoms with Crippen LogP contribution < -0.4 is 10.6 Å². The van der Waals surface area contributed by atoms with Gasteiger partial charge in [0.1, 0.15) is 0 Å². The monoisotopic (exact) mass is 379 g/mol. The number of carbonyl (C=O) groups excluding carboxylic acids is 2. The number of anilines is 1. The molecule has 0 aliphatic heterocycles. The maximum Gasteiger partial charge on any atom is 0.243 e. The zero-order valence-corrected chi connectivity index (χ0v) is 15.9. The second kappa shape index (κ2) is 9.56. The average Bonchev–Trinajstić information content (AvgIpc) is 3.09. The summed E-state index contributed by atoms with van der Waals surface area (Å²) in [7, 11) is 0. The van der Waals surface area contributed by atoms with E-state index < -0.39 is 0 Å². The van der Waals surface area contributed by atoms with Crippen LogP contribution in [0.3, 0.4) is 0 Å². The molecule has 2 amide bonds. The largest absolute Gasteiger partial charge is 0.346 e. The molecule has 0 aliphatic rings. The van der Waals surface area contributed by atoms with Gasteiger partial charge < -0.3 is 10.6 Å². The van der Waals surface area contributed by atoms with Crippen molar-refractivity contribution in [2.24, 2.45) is 0 Å². The topological polar surface area (TPSA) is 61.4 Å². The van der Waals surface area contributed by atoms with Crippen molar-refractivity contribution in [1.82, 2.24) is 10.2 Å². The molecule has 134 valence electrons. The van der Waals surface area contributed by atoms with Crippen molar-refractivity contribution in [2.75, 3.05) is 25.0 Å². The number of rotatable bonds is 8. The van der Waals surface area contributed by atoms with Gasteiger partial charge in [0.2, 0.25) is 11.8 Å². The molecule has 0 atom stereocenters. The van der Waals surface area contributed by atoms with Gasteiger partial charge in [-0.2, -0.15) is 0 Å². The second-order valence-corrected chi connectivity index (χ2v) is 7.06. The van der Waals surface area contributed by atoms with Gasteiger partial charge in [-0.25, -0.2) is 0 Å². The van der Waals surface area contributed by atoms with E-state index in [0.29, 0.717) is 10.7 Å². The smallest absolute Gasteiger partial charge is 0.243 e. The summed E-state index contributed by atoms with van der Waals surface area (Å²) in [5.74, 6) is -0.448. The number of nitrogens with one attached hydrogen (secondary N) is 2. The van der Waals surface area contributed by atoms with Crippen LogP contribution >= 0.6 is 22.9 Å². The summed E-state index contributed by atoms with van der Waals surface area (Å²) in [6.45, 7) is 5.53. The Bertz CT molecular complexity index is 719. The Hall–Kier alpha value is -1.89. The fourth-order valence-corrected chi connectivity index (χ4v) is 3.20. The number of likely N-dealkylation sites (N-methyl/N-ethyl adjacent to an activating group) is 1. The second-order valence-electron chi connectivity index (χ2n) is 5.62. The molecule has 0 radical (unpaired) electrons. The van der Waals surface area contributed by atoms with Crippen LogP contribution in [0.1, 0.15) is 17.4 Å². The third-order valence-electron chi connectivity index (χ3n) is 3.76. The molecule has 0 bridgehead atoms. The number of thiophene rings is 1. The summed E-state index contributed by atoms with van der Waals surface area (Å²) in [4.78, 5) is 27.3. The summed E-state index contributed by atoms with van der Waals surface area (Å²) in [5.41, 5.74) is 1.46. The molecule has 25 heavy (non-hydrogen) atoms. The van der Waals surface area contributed by atoms with Crippen LogP contribution in [0.5, 0.6) is 0 Å². The van der Waals surface area contributed by atoms with Gasteiger partial charge in [-0.05, 0) is 42.6 Å². The highest BCUT2D eigenvalue weighted by atomic mass is 35.5. The molecule has 0 aliphatic carbocycles. The molecule has 1 heterocycles. The Morgan fingerprint density at radius 2 is 2.00 bits per heavy atom. The molecule has 2 aromatic rings. The lowest BCUT2D eigenvalue weighted by atomic mass is 10.2. The first-order valence-corrected chi connectivity index (χ1v) is 9.31. The van der Waals surface area contributed by atoms with Crippen LogP contribution in [-0.4, -0.2) is 36.3 Å². The van der Waals surface area contributed by atoms with Crippen molar-refractivity contribution < 1.29 is 9.59 Å². The third-order valence-corrected chi connectivity index (χ3v) is 5.03. The summed E-state index contributed by atoms with van der Waals surface area (Å²) in [6, 6.07) is 9.36. The van der Waals surface area contributed by atoms with Crippen molar-refractivity contribution in [3.8, 4) is 0 Å². The lowest BCUT2D eigenvalue weighted by Crippen LogP contribution is -2.40. The summed E-state index contributed by atoms with van der Waals surface area (Å²) >= 11 is 7.70. The van der Waals surface area contributed by atoms with Gasteiger partial charge in [0.05, 0.1) is 13.1 Å². The maximum absolute atomic E-state index is 12.1. The molecule has 1 aromatic carbocycles. The fourth-order valence-electron chi connectivity index (χ4n) is 2.28. The molecule has 0 unspecified atom stereocenters. The quantitative estimate of drug-likeness (QED) is 0.739. The summed E-state index contributed by atoms with van der Waals surface area (Å²) in [6.07, 6.45) is 0. The van der Waals surface area contributed by atoms with Gasteiger partial charge in [0, 0.05) is 22.1 Å². The Morgan fingerprint density at radius 3 is 2.68 bits per heavy atom. The van der Waals surface area contributed by atoms with E-state index in [9.17, 15) is 9.59 Å². The van der Waals surface area contributed by atoms with Crippen LogP contribution in [0.15, 0.2) is 35.7 Å². The van der Waals surface area contributed by atoms with Crippen LogP contribution in [0.2, 0.25) is 5.02 Å². The fraction of sp³-hybridized carbons (Fsp3) is 0.333. The van der Waals surface area contributed by atoms with E-state index in [1.807, 2.05) is 36.3 Å². The molecule has 1 aromatic heterocycles. The Morgan fingerprint density at radius 1 is 1.20 bits per heavy atom. The van der Waals surface area contributed by atoms with E-state index in [1.54, 1.807) is 29.5 Å². The molecule has 0 saturated carbocycles. The van der Waals surface area contributed by atoms with Crippen LogP contribution in [0, 0.1) is 6.92 Å². The van der Waals surface area contributed by atoms with Crippen molar-refractivity contribution in [3.05, 3.63) is 51.2 Å². The Balaban J connectivity index is 1.78. The highest BCUT2D eigenvalue weighted by molar-refractivity contribution is 7.09. The number of benzene rings is 1. The minimum Gasteiger partial charge on any atom is -0.346 e. The van der Waals surface area contributed by atoms with E-state index in [1.165, 1.54) is 4.88 Å². The highest BCUT2D eigenvalue weighted by Gasteiger charge is 2.12. The number of hydrogen-bond acceptors (Lipinski definition) is 4. The van der Waals surface area contributed by atoms with Gasteiger partial charge >= 0.3 is 0 Å². The Kier molecular flexibility index (Phi) is 7.43. The molecule has 7 heteroatoms. The molecule has 0 fully saturated rings. The zero-order chi connectivity index (χ0) is 18.2. The van der Waals surface area contributed by atoms with E-state index in [0.717, 1.165) is 18.7 Å². The van der Waals surface area contributed by atoms with Crippen molar-refractivity contribution in [3.63, 3.8) is 0 Å². The van der Waals surface area contributed by atoms with Crippen molar-refractivity contribution >= 4 is 40.4 Å². The predicted octanol–water partition coefficient (Wildman–Crippen LogP) is 3.29. The van der Waals surface area contributed by atoms with E-state index >= 15 is 0 Å². The van der Waals surface area contributed by atoms with Gasteiger partial charge in [-0.1, -0.05) is 30.7 Å². The number of halogens is 1. The lowest BCUT2D eigenvalue weighted by Gasteiger charge is -2.19. The molecule has 2 N–H and O–H groups in total. The van der Waals surface area contributed by atoms with E-state index in [4.69, 9.17) is 11.6 Å². The molecular formula is C18H22ClN3O2S. The van der Waals surface area contributed by atoms with Crippen molar-refractivity contribution in [2.45, 2.75) is 20.4 Å². The van der Waals surface area contributed by atoms with E-state index in [-0.39, 0.29) is 24.9 Å². The standard InChI is InChI=1S/C18H22ClN3O2S/c1-3-22(11-14-6-5-9-25-14)12-18(24)20-10-17(23)21-16-8-4-7-15(19)13(16)2/h4-9H,3,10-12H2,1-2H3,(H,20,24)(H,21,23). The van der Waals surface area contributed by atoms with E-state index in [2.05, 4.69) is 10.6 Å². The molecule has 5 nitrogen and oxygen atoms in total. The first kappa shape index (κ1) is 19.4. The normalized spacial score (nSPS) is 10.7. The van der Waals surface area contributed by atoms with Gasteiger partial charge in [-0.15, -0.1) is 11.3 Å². The van der Waals surface area contributed by atoms with Gasteiger partial charge in [-0.3, -0.25) is 14.5 Å². The Labute approximate surface area is 157 Å². The first-order valence-electron chi connectivity index (χ1n) is 8.06. The molecule has 0 spiro atoms. The molecular weight excluding hydrogens is 358 g/mol. The number of nitrogens with zero attached hydrogens (tertiary/aromatic N) is 1. The number of amides is 2. The maximum atomic E-state index is 12.1. The number of carbonyl (C=O) groups is 2. The minimum atomic E-state index is -0.278.